The summed E-state index contributed by atoms with van der Waals surface area (Å²) in [5, 5.41) is 47.9. The van der Waals surface area contributed by atoms with Crippen molar-refractivity contribution in [3.63, 3.8) is 0 Å². The third kappa shape index (κ3) is 11.2. The van der Waals surface area contributed by atoms with Gasteiger partial charge in [-0.2, -0.15) is 0 Å². The first-order valence-electron chi connectivity index (χ1n) is 8.85. The van der Waals surface area contributed by atoms with E-state index in [4.69, 9.17) is 4.74 Å². The molecule has 8 atom stereocenters. The number of aliphatic hydroxyl groups is 4. The smallest absolute Gasteiger partial charge is 0.218 e. The average molecular weight is 577 g/mol. The molecule has 0 aromatic carbocycles. The molecule has 0 saturated carbocycles. The van der Waals surface area contributed by atoms with Crippen molar-refractivity contribution < 1.29 is 87.1 Å². The second kappa shape index (κ2) is 12.4. The van der Waals surface area contributed by atoms with E-state index in [1.54, 1.807) is 0 Å². The van der Waals surface area contributed by atoms with Gasteiger partial charge in [-0.15, -0.1) is 0 Å². The Morgan fingerprint density at radius 3 is 1.89 bits per heavy atom. The number of hydrogen-bond donors (Lipinski definition) is 5. The summed E-state index contributed by atoms with van der Waals surface area (Å²) in [5.74, 6) is -1.77. The van der Waals surface area contributed by atoms with Crippen LogP contribution in [0.2, 0.25) is 0 Å². The van der Waals surface area contributed by atoms with Crippen LogP contribution in [0.25, 0.3) is 0 Å². The van der Waals surface area contributed by atoms with Gasteiger partial charge in [-0.1, -0.05) is 0 Å². The molecule has 2 fully saturated rings. The number of aliphatic carboxylic acids is 1. The molecule has 2 aliphatic heterocycles. The summed E-state index contributed by atoms with van der Waals surface area (Å²) in [6.45, 7) is -2.02. The first-order chi connectivity index (χ1) is 15.7. The van der Waals surface area contributed by atoms with Crippen LogP contribution in [0, 0.1) is 0 Å². The molecule has 2 saturated heterocycles. The summed E-state index contributed by atoms with van der Waals surface area (Å²) < 4.78 is 111. The van der Waals surface area contributed by atoms with Gasteiger partial charge in [0.15, 0.2) is 10.3 Å². The summed E-state index contributed by atoms with van der Waals surface area (Å²) in [7, 11) is -14.9. The number of rotatable bonds is 8. The summed E-state index contributed by atoms with van der Waals surface area (Å²) in [5.41, 5.74) is 0. The van der Waals surface area contributed by atoms with Crippen LogP contribution in [0.4, 0.5) is 0 Å². The van der Waals surface area contributed by atoms with Gasteiger partial charge >= 0.3 is 0 Å². The molecular weight excluding hydrogens is 558 g/mol. The van der Waals surface area contributed by atoms with E-state index in [0.29, 0.717) is 0 Å². The molecule has 35 heavy (non-hydrogen) atoms. The van der Waals surface area contributed by atoms with E-state index in [0.717, 1.165) is 0 Å². The van der Waals surface area contributed by atoms with Crippen molar-refractivity contribution in [2.75, 3.05) is 19.8 Å². The highest BCUT2D eigenvalue weighted by Crippen LogP contribution is 2.19. The molecule has 4 unspecified atom stereocenters. The van der Waals surface area contributed by atoms with Crippen molar-refractivity contribution in [1.82, 2.24) is 4.72 Å². The van der Waals surface area contributed by atoms with E-state index < -0.39 is 106 Å². The van der Waals surface area contributed by atoms with Crippen molar-refractivity contribution in [3.05, 3.63) is 0 Å². The second-order valence-electron chi connectivity index (χ2n) is 6.82. The van der Waals surface area contributed by atoms with Gasteiger partial charge in [-0.05, 0) is 0 Å². The van der Waals surface area contributed by atoms with Crippen LogP contribution in [-0.2, 0) is 53.7 Å². The molecule has 0 amide bonds. The molecule has 0 aromatic rings. The fourth-order valence-electron chi connectivity index (χ4n) is 2.71. The first-order valence-corrected chi connectivity index (χ1v) is 12.9. The number of carbonyl (C=O) groups excluding carboxylic acids is 1. The van der Waals surface area contributed by atoms with Crippen LogP contribution >= 0.6 is 0 Å². The lowest BCUT2D eigenvalue weighted by Crippen LogP contribution is -2.60. The number of hydrogen-bond acceptors (Lipinski definition) is 19. The largest absolute Gasteiger partial charge is 0.735 e. The molecule has 23 heteroatoms. The van der Waals surface area contributed by atoms with E-state index in [1.807, 2.05) is 0 Å². The molecule has 2 aliphatic rings. The standard InChI is InChI=1S/C6H13NO10S2.C6H10O9S/c8-5-3(7-18(10,11)12)1-16-4(6(5)9)2-17-19(13,14)15;7-3-2(15-16(11,12)13)1-14-5(4(3)8)6(9)10/h3-9H,1-2H2,(H,10,11,12)(H,13,14,15);2-5,7-8H,1H2,(H,9,10)(H,11,12,13)/p-4/t3?,4?,5-,6+;2?,3-,4-,5?/m00/s1. The van der Waals surface area contributed by atoms with Crippen LogP contribution in [0.5, 0.6) is 0 Å². The Morgan fingerprint density at radius 2 is 1.43 bits per heavy atom. The number of carboxylic acid groups (broad SMARTS) is 1. The Morgan fingerprint density at radius 1 is 0.857 bits per heavy atom. The van der Waals surface area contributed by atoms with Gasteiger partial charge in [0.1, 0.15) is 42.7 Å². The zero-order chi connectivity index (χ0) is 27.4. The number of nitrogens with one attached hydrogen (secondary N) is 1. The van der Waals surface area contributed by atoms with Gasteiger partial charge < -0.3 is 53.5 Å². The van der Waals surface area contributed by atoms with E-state index in [-0.39, 0.29) is 0 Å². The topological polar surface area (TPSA) is 342 Å². The lowest BCUT2D eigenvalue weighted by Gasteiger charge is -2.38. The highest BCUT2D eigenvalue weighted by molar-refractivity contribution is 7.83. The van der Waals surface area contributed by atoms with Gasteiger partial charge in [-0.25, -0.2) is 30.0 Å². The van der Waals surface area contributed by atoms with E-state index in [1.165, 1.54) is 4.72 Å². The Kier molecular flexibility index (Phi) is 11.3. The molecular formula is C12H19NO19S3-4. The molecule has 0 radical (unpaired) electrons. The predicted molar refractivity (Wildman–Crippen MR) is 95.4 cm³/mol. The lowest BCUT2D eigenvalue weighted by atomic mass is 9.99. The first kappa shape index (κ1) is 31.9. The highest BCUT2D eigenvalue weighted by atomic mass is 32.3. The maximum atomic E-state index is 10.4. The Balaban J connectivity index is 0.000000355. The summed E-state index contributed by atoms with van der Waals surface area (Å²) >= 11 is 0. The van der Waals surface area contributed by atoms with E-state index in [9.17, 15) is 69.2 Å². The molecule has 2 heterocycles. The monoisotopic (exact) mass is 577 g/mol. The molecule has 0 aromatic heterocycles. The van der Waals surface area contributed by atoms with Crippen molar-refractivity contribution in [2.24, 2.45) is 0 Å². The minimum Gasteiger partial charge on any atom is -0.735 e. The molecule has 2 rings (SSSR count). The fraction of sp³-hybridized carbons (Fsp3) is 0.917. The van der Waals surface area contributed by atoms with Crippen molar-refractivity contribution in [2.45, 2.75) is 48.8 Å². The highest BCUT2D eigenvalue weighted by Gasteiger charge is 2.41. The molecule has 208 valence electrons. The van der Waals surface area contributed by atoms with Gasteiger partial charge in [0.2, 0.25) is 20.8 Å². The van der Waals surface area contributed by atoms with Crippen LogP contribution in [-0.4, -0.2) is 134 Å². The van der Waals surface area contributed by atoms with Crippen molar-refractivity contribution in [3.8, 4) is 0 Å². The van der Waals surface area contributed by atoms with E-state index in [2.05, 4.69) is 13.1 Å². The lowest BCUT2D eigenvalue weighted by molar-refractivity contribution is -0.327. The zero-order valence-corrected chi connectivity index (χ0v) is 19.3. The number of ether oxygens (including phenoxy) is 2. The van der Waals surface area contributed by atoms with Crippen LogP contribution in [0.15, 0.2) is 0 Å². The quantitative estimate of drug-likeness (QED) is 0.132. The minimum absolute atomic E-state index is 0.507. The maximum Gasteiger partial charge on any atom is 0.218 e. The van der Waals surface area contributed by atoms with Gasteiger partial charge in [0.25, 0.3) is 0 Å². The fourth-order valence-corrected chi connectivity index (χ4v) is 4.06. The summed E-state index contributed by atoms with van der Waals surface area (Å²) in [6, 6.07) is -1.39. The normalized spacial score (nSPS) is 34.5. The zero-order valence-electron chi connectivity index (χ0n) is 16.9. The third-order valence-electron chi connectivity index (χ3n) is 4.26. The number of carboxylic acids is 1. The molecule has 0 aliphatic carbocycles. The van der Waals surface area contributed by atoms with E-state index >= 15 is 0 Å². The van der Waals surface area contributed by atoms with Crippen molar-refractivity contribution in [1.29, 1.82) is 0 Å². The Hall–Kier alpha value is -1.16. The van der Waals surface area contributed by atoms with Crippen molar-refractivity contribution >= 4 is 37.1 Å². The molecule has 0 spiro atoms. The van der Waals surface area contributed by atoms with Gasteiger partial charge in [0, 0.05) is 0 Å². The van der Waals surface area contributed by atoms with Crippen LogP contribution in [0.1, 0.15) is 0 Å². The van der Waals surface area contributed by atoms with Gasteiger partial charge in [0.05, 0.1) is 31.8 Å². The molecule has 20 nitrogen and oxygen atoms in total. The van der Waals surface area contributed by atoms with Crippen LogP contribution in [0.3, 0.4) is 0 Å². The van der Waals surface area contributed by atoms with Gasteiger partial charge in [-0.3, -0.25) is 8.37 Å². The average Bonchev–Trinajstić information content (AvgIpc) is 2.66. The Labute approximate surface area is 197 Å². The maximum absolute atomic E-state index is 10.4. The SMILES string of the molecule is O=C([O-])C1OCC(OS(=O)(=O)[O-])[C@H](O)[C@@H]1O.O=S(=O)([O-])NC1COC(COS(=O)(=O)[O-])[C@@H](O)[C@H]1O. The third-order valence-corrected chi connectivity index (χ3v) is 5.76. The number of aliphatic hydroxyl groups excluding tert-OH is 4. The molecule has 0 bridgehead atoms. The predicted octanol–water partition coefficient (Wildman–Crippen LogP) is -8.30. The molecule has 5 N–H and O–H groups in total. The summed E-state index contributed by atoms with van der Waals surface area (Å²) in [6.07, 6.45) is -12.1. The minimum atomic E-state index is -5.08. The number of carbonyl (C=O) groups is 1. The Bertz CT molecular complexity index is 1030. The summed E-state index contributed by atoms with van der Waals surface area (Å²) in [4.78, 5) is 10.4. The van der Waals surface area contributed by atoms with Crippen LogP contribution < -0.4 is 9.83 Å². The second-order valence-corrected chi connectivity index (χ2v) is 10.0.